The minimum absolute atomic E-state index is 0.0816. The Morgan fingerprint density at radius 2 is 2.14 bits per heavy atom. The van der Waals surface area contributed by atoms with Gasteiger partial charge in [-0.05, 0) is 24.5 Å². The lowest BCUT2D eigenvalue weighted by Crippen LogP contribution is -2.36. The number of rotatable bonds is 4. The number of aliphatic hydroxyl groups is 1. The molecule has 3 N–H and O–H groups in total. The molecule has 1 aliphatic rings. The molecule has 3 atom stereocenters. The van der Waals surface area contributed by atoms with E-state index in [-0.39, 0.29) is 12.5 Å². The predicted molar refractivity (Wildman–Crippen MR) is 72.8 cm³/mol. The first-order valence-electron chi connectivity index (χ1n) is 7.06. The van der Waals surface area contributed by atoms with Gasteiger partial charge in [0.2, 0.25) is 0 Å². The standard InChI is InChI=1S/C15H20F3NO2/c16-15(17,18)12-5-1-3-10(7-12)13(8-19)14(20)11-4-2-6-21-9-11/h1,3,5,7,11,13-14,20H,2,4,6,8-9,19H2. The van der Waals surface area contributed by atoms with Crippen molar-refractivity contribution in [1.82, 2.24) is 0 Å². The summed E-state index contributed by atoms with van der Waals surface area (Å²) in [4.78, 5) is 0. The highest BCUT2D eigenvalue weighted by Crippen LogP contribution is 2.33. The highest BCUT2D eigenvalue weighted by Gasteiger charge is 2.33. The van der Waals surface area contributed by atoms with E-state index in [2.05, 4.69) is 0 Å². The maximum Gasteiger partial charge on any atom is 0.416 e. The van der Waals surface area contributed by atoms with Gasteiger partial charge >= 0.3 is 6.18 Å². The number of nitrogens with two attached hydrogens (primary N) is 1. The van der Waals surface area contributed by atoms with E-state index in [1.165, 1.54) is 6.07 Å². The lowest BCUT2D eigenvalue weighted by molar-refractivity contribution is -0.137. The molecule has 3 unspecified atom stereocenters. The Hall–Kier alpha value is -1.11. The van der Waals surface area contributed by atoms with E-state index >= 15 is 0 Å². The highest BCUT2D eigenvalue weighted by molar-refractivity contribution is 5.29. The molecule has 0 saturated carbocycles. The molecule has 1 aliphatic heterocycles. The molecule has 0 bridgehead atoms. The van der Waals surface area contributed by atoms with Crippen LogP contribution in [-0.2, 0) is 10.9 Å². The second-order valence-electron chi connectivity index (χ2n) is 5.43. The third kappa shape index (κ3) is 3.96. The summed E-state index contributed by atoms with van der Waals surface area (Å²) in [5, 5.41) is 10.4. The summed E-state index contributed by atoms with van der Waals surface area (Å²) >= 11 is 0. The maximum atomic E-state index is 12.8. The smallest absolute Gasteiger partial charge is 0.392 e. The third-order valence-electron chi connectivity index (χ3n) is 3.99. The van der Waals surface area contributed by atoms with E-state index in [4.69, 9.17) is 10.5 Å². The van der Waals surface area contributed by atoms with Crippen molar-refractivity contribution in [2.75, 3.05) is 19.8 Å². The molecule has 0 amide bonds. The molecular weight excluding hydrogens is 283 g/mol. The van der Waals surface area contributed by atoms with Gasteiger partial charge in [-0.15, -0.1) is 0 Å². The van der Waals surface area contributed by atoms with Crippen LogP contribution in [0.4, 0.5) is 13.2 Å². The zero-order valence-corrected chi connectivity index (χ0v) is 11.6. The summed E-state index contributed by atoms with van der Waals surface area (Å²) in [5.41, 5.74) is 5.39. The summed E-state index contributed by atoms with van der Waals surface area (Å²) < 4.78 is 43.7. The average molecular weight is 303 g/mol. The molecule has 2 rings (SSSR count). The Bertz CT molecular complexity index is 458. The molecule has 0 aliphatic carbocycles. The van der Waals surface area contributed by atoms with Gasteiger partial charge in [0, 0.05) is 25.0 Å². The second kappa shape index (κ2) is 6.77. The van der Waals surface area contributed by atoms with E-state index in [1.54, 1.807) is 6.07 Å². The van der Waals surface area contributed by atoms with Gasteiger partial charge in [0.1, 0.15) is 0 Å². The van der Waals surface area contributed by atoms with Gasteiger partial charge in [-0.2, -0.15) is 13.2 Å². The number of ether oxygens (including phenoxy) is 1. The van der Waals surface area contributed by atoms with Crippen LogP contribution in [0.15, 0.2) is 24.3 Å². The fourth-order valence-corrected chi connectivity index (χ4v) is 2.78. The Morgan fingerprint density at radius 1 is 1.38 bits per heavy atom. The quantitative estimate of drug-likeness (QED) is 0.898. The summed E-state index contributed by atoms with van der Waals surface area (Å²) in [6.07, 6.45) is -3.54. The summed E-state index contributed by atoms with van der Waals surface area (Å²) in [5.74, 6) is -0.596. The Labute approximate surface area is 121 Å². The van der Waals surface area contributed by atoms with Crippen LogP contribution in [0.3, 0.4) is 0 Å². The number of alkyl halides is 3. The zero-order valence-electron chi connectivity index (χ0n) is 11.6. The molecule has 1 saturated heterocycles. The highest BCUT2D eigenvalue weighted by atomic mass is 19.4. The first-order chi connectivity index (χ1) is 9.93. The normalized spacial score (nSPS) is 22.8. The molecule has 1 fully saturated rings. The molecule has 0 radical (unpaired) electrons. The van der Waals surface area contributed by atoms with Gasteiger partial charge < -0.3 is 15.6 Å². The number of hydrogen-bond acceptors (Lipinski definition) is 3. The molecule has 0 spiro atoms. The van der Waals surface area contributed by atoms with Gasteiger partial charge in [-0.3, -0.25) is 0 Å². The van der Waals surface area contributed by atoms with E-state index in [0.29, 0.717) is 18.8 Å². The van der Waals surface area contributed by atoms with Gasteiger partial charge in [0.25, 0.3) is 0 Å². The molecule has 1 aromatic carbocycles. The molecule has 3 nitrogen and oxygen atoms in total. The van der Waals surface area contributed by atoms with Gasteiger partial charge in [0.05, 0.1) is 18.3 Å². The van der Waals surface area contributed by atoms with Crippen LogP contribution in [-0.4, -0.2) is 31.0 Å². The van der Waals surface area contributed by atoms with E-state index < -0.39 is 23.8 Å². The minimum atomic E-state index is -4.39. The van der Waals surface area contributed by atoms with Gasteiger partial charge in [-0.25, -0.2) is 0 Å². The topological polar surface area (TPSA) is 55.5 Å². The van der Waals surface area contributed by atoms with Crippen molar-refractivity contribution >= 4 is 0 Å². The van der Waals surface area contributed by atoms with E-state index in [1.807, 2.05) is 0 Å². The monoisotopic (exact) mass is 303 g/mol. The van der Waals surface area contributed by atoms with Crippen molar-refractivity contribution in [3.05, 3.63) is 35.4 Å². The summed E-state index contributed by atoms with van der Waals surface area (Å²) in [6, 6.07) is 5.03. The zero-order chi connectivity index (χ0) is 15.5. The SMILES string of the molecule is NCC(c1cccc(C(F)(F)F)c1)C(O)C1CCCOC1. The van der Waals surface area contributed by atoms with Gasteiger partial charge in [-0.1, -0.05) is 18.2 Å². The van der Waals surface area contributed by atoms with Crippen molar-refractivity contribution in [2.24, 2.45) is 11.7 Å². The van der Waals surface area contributed by atoms with Crippen LogP contribution in [0.5, 0.6) is 0 Å². The summed E-state index contributed by atoms with van der Waals surface area (Å²) in [7, 11) is 0. The fraction of sp³-hybridized carbons (Fsp3) is 0.600. The first-order valence-corrected chi connectivity index (χ1v) is 7.06. The largest absolute Gasteiger partial charge is 0.416 e. The second-order valence-corrected chi connectivity index (χ2v) is 5.43. The third-order valence-corrected chi connectivity index (χ3v) is 3.99. The van der Waals surface area contributed by atoms with Crippen LogP contribution < -0.4 is 5.73 Å². The molecule has 118 valence electrons. The number of aliphatic hydroxyl groups excluding tert-OH is 1. The Morgan fingerprint density at radius 3 is 2.71 bits per heavy atom. The lowest BCUT2D eigenvalue weighted by Gasteiger charge is -2.32. The summed E-state index contributed by atoms with van der Waals surface area (Å²) in [6.45, 7) is 1.19. The van der Waals surface area contributed by atoms with Crippen LogP contribution in [0, 0.1) is 5.92 Å². The lowest BCUT2D eigenvalue weighted by atomic mass is 9.83. The van der Waals surface area contributed by atoms with E-state index in [0.717, 1.165) is 25.0 Å². The number of benzene rings is 1. The molecule has 21 heavy (non-hydrogen) atoms. The van der Waals surface area contributed by atoms with Crippen molar-refractivity contribution in [1.29, 1.82) is 0 Å². The van der Waals surface area contributed by atoms with Crippen molar-refractivity contribution in [3.63, 3.8) is 0 Å². The van der Waals surface area contributed by atoms with Crippen LogP contribution in [0.2, 0.25) is 0 Å². The van der Waals surface area contributed by atoms with Crippen molar-refractivity contribution in [3.8, 4) is 0 Å². The number of hydrogen-bond donors (Lipinski definition) is 2. The van der Waals surface area contributed by atoms with E-state index in [9.17, 15) is 18.3 Å². The average Bonchev–Trinajstić information content (AvgIpc) is 2.48. The van der Waals surface area contributed by atoms with Crippen molar-refractivity contribution < 1.29 is 23.0 Å². The molecule has 1 heterocycles. The van der Waals surface area contributed by atoms with Crippen LogP contribution in [0.1, 0.15) is 29.9 Å². The fourth-order valence-electron chi connectivity index (χ4n) is 2.78. The first kappa shape index (κ1) is 16.3. The molecule has 0 aromatic heterocycles. The molecular formula is C15H20F3NO2. The predicted octanol–water partition coefficient (Wildman–Crippen LogP) is 2.54. The van der Waals surface area contributed by atoms with Crippen LogP contribution >= 0.6 is 0 Å². The number of halogens is 3. The maximum absolute atomic E-state index is 12.8. The van der Waals surface area contributed by atoms with Crippen molar-refractivity contribution in [2.45, 2.75) is 31.0 Å². The van der Waals surface area contributed by atoms with Crippen LogP contribution in [0.25, 0.3) is 0 Å². The molecule has 6 heteroatoms. The minimum Gasteiger partial charge on any atom is -0.392 e. The Kier molecular flexibility index (Phi) is 5.24. The van der Waals surface area contributed by atoms with Gasteiger partial charge in [0.15, 0.2) is 0 Å². The molecule has 1 aromatic rings. The Balaban J connectivity index is 2.20.